The summed E-state index contributed by atoms with van der Waals surface area (Å²) in [7, 11) is -3.78. The molecule has 0 spiro atoms. The molecule has 0 saturated heterocycles. The van der Waals surface area contributed by atoms with Crippen molar-refractivity contribution < 1.29 is 12.8 Å². The molecule has 3 nitrogen and oxygen atoms in total. The first kappa shape index (κ1) is 12.6. The average molecular weight is 264 g/mol. The van der Waals surface area contributed by atoms with E-state index in [2.05, 4.69) is 4.72 Å². The maximum absolute atomic E-state index is 12.7. The molecule has 0 bridgehead atoms. The first-order chi connectivity index (χ1) is 8.47. The van der Waals surface area contributed by atoms with Crippen molar-refractivity contribution in [3.05, 3.63) is 64.6 Å². The Kier molecular flexibility index (Phi) is 3.34. The summed E-state index contributed by atoms with van der Waals surface area (Å²) in [5, 5.41) is 0. The summed E-state index contributed by atoms with van der Waals surface area (Å²) < 4.78 is 40.2. The SMILES string of the molecule is Cc1ccc([N-]S(=O)(=O)c2ccc(F)cc2)cc1. The van der Waals surface area contributed by atoms with Gasteiger partial charge in [-0.05, 0) is 31.2 Å². The lowest BCUT2D eigenvalue weighted by Crippen LogP contribution is -1.97. The lowest BCUT2D eigenvalue weighted by Gasteiger charge is -2.21. The van der Waals surface area contributed by atoms with E-state index in [1.807, 2.05) is 6.92 Å². The van der Waals surface area contributed by atoms with Crippen molar-refractivity contribution in [3.63, 3.8) is 0 Å². The van der Waals surface area contributed by atoms with Gasteiger partial charge >= 0.3 is 0 Å². The fourth-order valence-corrected chi connectivity index (χ4v) is 2.39. The highest BCUT2D eigenvalue weighted by atomic mass is 32.2. The number of halogens is 1. The molecule has 0 aliphatic heterocycles. The molecule has 0 N–H and O–H groups in total. The zero-order valence-corrected chi connectivity index (χ0v) is 10.5. The summed E-state index contributed by atoms with van der Waals surface area (Å²) in [5.41, 5.74) is 1.37. The highest BCUT2D eigenvalue weighted by Crippen LogP contribution is 2.27. The second-order valence-corrected chi connectivity index (χ2v) is 5.46. The topological polar surface area (TPSA) is 48.2 Å². The number of aryl methyl sites for hydroxylation is 1. The number of sulfonamides is 1. The number of benzene rings is 2. The molecule has 0 aliphatic rings. The molecule has 5 heteroatoms. The van der Waals surface area contributed by atoms with Crippen LogP contribution in [0, 0.1) is 12.7 Å². The van der Waals surface area contributed by atoms with Gasteiger partial charge in [-0.1, -0.05) is 29.8 Å². The van der Waals surface area contributed by atoms with Crippen molar-refractivity contribution in [2.45, 2.75) is 11.8 Å². The van der Waals surface area contributed by atoms with Crippen LogP contribution >= 0.6 is 0 Å². The molecule has 94 valence electrons. The summed E-state index contributed by atoms with van der Waals surface area (Å²) in [4.78, 5) is -0.0236. The van der Waals surface area contributed by atoms with E-state index >= 15 is 0 Å². The van der Waals surface area contributed by atoms with Gasteiger partial charge in [0.05, 0.1) is 4.90 Å². The fourth-order valence-electron chi connectivity index (χ4n) is 1.40. The third kappa shape index (κ3) is 2.87. The van der Waals surface area contributed by atoms with Gasteiger partial charge in [0.15, 0.2) is 0 Å². The van der Waals surface area contributed by atoms with E-state index in [4.69, 9.17) is 0 Å². The molecule has 0 radical (unpaired) electrons. The second kappa shape index (κ2) is 4.78. The largest absolute Gasteiger partial charge is 0.573 e. The van der Waals surface area contributed by atoms with Crippen LogP contribution in [0.2, 0.25) is 0 Å². The molecular formula is C13H11FNO2S-. The van der Waals surface area contributed by atoms with Crippen LogP contribution in [-0.4, -0.2) is 8.42 Å². The third-order valence-electron chi connectivity index (χ3n) is 2.37. The number of rotatable bonds is 3. The van der Waals surface area contributed by atoms with Crippen LogP contribution < -0.4 is 0 Å². The lowest BCUT2D eigenvalue weighted by molar-refractivity contribution is 0.601. The van der Waals surface area contributed by atoms with Gasteiger partial charge < -0.3 is 4.72 Å². The van der Waals surface area contributed by atoms with Crippen LogP contribution in [0.3, 0.4) is 0 Å². The molecule has 18 heavy (non-hydrogen) atoms. The molecule has 0 heterocycles. The Balaban J connectivity index is 2.27. The average Bonchev–Trinajstić information content (AvgIpc) is 2.32. The van der Waals surface area contributed by atoms with Crippen LogP contribution in [0.15, 0.2) is 53.4 Å². The quantitative estimate of drug-likeness (QED) is 0.851. The van der Waals surface area contributed by atoms with E-state index in [0.29, 0.717) is 5.69 Å². The number of nitrogens with zero attached hydrogens (tertiary/aromatic N) is 1. The third-order valence-corrected chi connectivity index (χ3v) is 3.69. The van der Waals surface area contributed by atoms with E-state index in [1.165, 1.54) is 12.1 Å². The van der Waals surface area contributed by atoms with Gasteiger partial charge in [0.25, 0.3) is 0 Å². The summed E-state index contributed by atoms with van der Waals surface area (Å²) in [5.74, 6) is -0.482. The Labute approximate surface area is 105 Å². The Morgan fingerprint density at radius 3 is 2.06 bits per heavy atom. The number of hydrogen-bond acceptors (Lipinski definition) is 2. The van der Waals surface area contributed by atoms with Crippen LogP contribution in [-0.2, 0) is 10.0 Å². The van der Waals surface area contributed by atoms with Gasteiger partial charge in [0.2, 0.25) is 0 Å². The standard InChI is InChI=1S/C13H11FNO2S/c1-10-2-6-12(7-3-10)15-18(16,17)13-8-4-11(14)5-9-13/h2-9H,1H3/q-1. The van der Waals surface area contributed by atoms with Crippen molar-refractivity contribution in [2.75, 3.05) is 0 Å². The zero-order valence-electron chi connectivity index (χ0n) is 9.67. The molecule has 0 saturated carbocycles. The Morgan fingerprint density at radius 1 is 0.944 bits per heavy atom. The number of hydrogen-bond donors (Lipinski definition) is 0. The van der Waals surface area contributed by atoms with E-state index in [-0.39, 0.29) is 4.90 Å². The first-order valence-electron chi connectivity index (χ1n) is 5.28. The molecule has 0 aromatic heterocycles. The summed E-state index contributed by atoms with van der Waals surface area (Å²) >= 11 is 0. The van der Waals surface area contributed by atoms with E-state index in [0.717, 1.165) is 17.7 Å². The van der Waals surface area contributed by atoms with Gasteiger partial charge in [0.1, 0.15) is 15.8 Å². The molecular weight excluding hydrogens is 253 g/mol. The van der Waals surface area contributed by atoms with Gasteiger partial charge in [-0.15, -0.1) is 5.69 Å². The Hall–Kier alpha value is -1.88. The minimum atomic E-state index is -3.78. The minimum absolute atomic E-state index is 0.0236. The van der Waals surface area contributed by atoms with E-state index < -0.39 is 15.8 Å². The molecule has 2 aromatic rings. The first-order valence-corrected chi connectivity index (χ1v) is 6.72. The molecule has 0 fully saturated rings. The summed E-state index contributed by atoms with van der Waals surface area (Å²) in [6.07, 6.45) is 0. The lowest BCUT2D eigenvalue weighted by atomic mass is 10.2. The molecule has 0 amide bonds. The fraction of sp³-hybridized carbons (Fsp3) is 0.0769. The molecule has 0 atom stereocenters. The Bertz CT molecular complexity index is 634. The van der Waals surface area contributed by atoms with Crippen molar-refractivity contribution in [3.8, 4) is 0 Å². The van der Waals surface area contributed by atoms with Gasteiger partial charge in [-0.3, -0.25) is 0 Å². The zero-order chi connectivity index (χ0) is 13.2. The molecule has 2 rings (SSSR count). The molecule has 0 aliphatic carbocycles. The van der Waals surface area contributed by atoms with Gasteiger partial charge in [0, 0.05) is 0 Å². The minimum Gasteiger partial charge on any atom is -0.573 e. The van der Waals surface area contributed by atoms with Crippen LogP contribution in [0.1, 0.15) is 5.56 Å². The van der Waals surface area contributed by atoms with Crippen LogP contribution in [0.4, 0.5) is 10.1 Å². The van der Waals surface area contributed by atoms with Crippen molar-refractivity contribution in [2.24, 2.45) is 0 Å². The highest BCUT2D eigenvalue weighted by molar-refractivity contribution is 7.94. The normalized spacial score (nSPS) is 11.2. The smallest absolute Gasteiger partial charge is 0.123 e. The maximum atomic E-state index is 12.7. The monoisotopic (exact) mass is 264 g/mol. The maximum Gasteiger partial charge on any atom is 0.123 e. The highest BCUT2D eigenvalue weighted by Gasteiger charge is 2.04. The Morgan fingerprint density at radius 2 is 1.50 bits per heavy atom. The summed E-state index contributed by atoms with van der Waals surface area (Å²) in [6.45, 7) is 1.90. The predicted octanol–water partition coefficient (Wildman–Crippen LogP) is 3.53. The van der Waals surface area contributed by atoms with E-state index in [1.54, 1.807) is 24.3 Å². The van der Waals surface area contributed by atoms with Crippen LogP contribution in [0.5, 0.6) is 0 Å². The van der Waals surface area contributed by atoms with E-state index in [9.17, 15) is 12.8 Å². The van der Waals surface area contributed by atoms with Gasteiger partial charge in [-0.25, -0.2) is 12.8 Å². The van der Waals surface area contributed by atoms with Crippen molar-refractivity contribution >= 4 is 15.7 Å². The molecule has 0 unspecified atom stereocenters. The van der Waals surface area contributed by atoms with Gasteiger partial charge in [-0.2, -0.15) is 0 Å². The van der Waals surface area contributed by atoms with Crippen LogP contribution in [0.25, 0.3) is 4.72 Å². The van der Waals surface area contributed by atoms with Crippen molar-refractivity contribution in [1.29, 1.82) is 0 Å². The van der Waals surface area contributed by atoms with Crippen molar-refractivity contribution in [1.82, 2.24) is 0 Å². The second-order valence-electron chi connectivity index (χ2n) is 3.86. The molecule has 2 aromatic carbocycles. The predicted molar refractivity (Wildman–Crippen MR) is 67.8 cm³/mol. The summed E-state index contributed by atoms with van der Waals surface area (Å²) in [6, 6.07) is 11.4.